The van der Waals surface area contributed by atoms with E-state index in [-0.39, 0.29) is 5.91 Å². The van der Waals surface area contributed by atoms with Crippen LogP contribution in [0.3, 0.4) is 0 Å². The second-order valence-corrected chi connectivity index (χ2v) is 6.62. The van der Waals surface area contributed by atoms with Gasteiger partial charge in [-0.15, -0.1) is 0 Å². The number of para-hydroxylation sites is 1. The lowest BCUT2D eigenvalue weighted by Gasteiger charge is -2.22. The highest BCUT2D eigenvalue weighted by Crippen LogP contribution is 2.16. The Hall–Kier alpha value is -3.02. The molecule has 6 nitrogen and oxygen atoms in total. The molecule has 0 aliphatic heterocycles. The van der Waals surface area contributed by atoms with Gasteiger partial charge in [-0.3, -0.25) is 4.79 Å². The Morgan fingerprint density at radius 3 is 2.33 bits per heavy atom. The number of rotatable bonds is 7. The number of hydrogen-bond donors (Lipinski definition) is 2. The van der Waals surface area contributed by atoms with E-state index in [0.29, 0.717) is 18.8 Å². The van der Waals surface area contributed by atoms with Crippen molar-refractivity contribution >= 4 is 17.6 Å². The molecule has 0 saturated carbocycles. The van der Waals surface area contributed by atoms with Gasteiger partial charge in [0.15, 0.2) is 0 Å². The SMILES string of the molecule is Cc1cc(C)cc(OCCN(C)C(=O)C(C)NC(=O)Nc2ccccc2)c1. The molecule has 0 saturated heterocycles. The third-order valence-corrected chi connectivity index (χ3v) is 4.02. The number of carbonyl (C=O) groups excluding carboxylic acids is 2. The first kappa shape index (κ1) is 20.3. The zero-order valence-electron chi connectivity index (χ0n) is 16.3. The van der Waals surface area contributed by atoms with Gasteiger partial charge in [0.05, 0.1) is 6.54 Å². The van der Waals surface area contributed by atoms with Crippen LogP contribution in [-0.2, 0) is 4.79 Å². The Morgan fingerprint density at radius 2 is 1.70 bits per heavy atom. The Morgan fingerprint density at radius 1 is 1.07 bits per heavy atom. The monoisotopic (exact) mass is 369 g/mol. The molecule has 0 spiro atoms. The molecule has 0 aromatic heterocycles. The van der Waals surface area contributed by atoms with E-state index < -0.39 is 12.1 Å². The number of urea groups is 1. The van der Waals surface area contributed by atoms with Crippen LogP contribution in [0.4, 0.5) is 10.5 Å². The highest BCUT2D eigenvalue weighted by Gasteiger charge is 2.19. The predicted octanol–water partition coefficient (Wildman–Crippen LogP) is 3.35. The third-order valence-electron chi connectivity index (χ3n) is 4.02. The van der Waals surface area contributed by atoms with Crippen LogP contribution in [0.2, 0.25) is 0 Å². The smallest absolute Gasteiger partial charge is 0.319 e. The molecule has 2 rings (SSSR count). The average Bonchev–Trinajstić information content (AvgIpc) is 2.60. The summed E-state index contributed by atoms with van der Waals surface area (Å²) in [6.45, 7) is 6.51. The third kappa shape index (κ3) is 6.66. The van der Waals surface area contributed by atoms with Gasteiger partial charge in [0.1, 0.15) is 18.4 Å². The minimum absolute atomic E-state index is 0.178. The summed E-state index contributed by atoms with van der Waals surface area (Å²) in [6, 6.07) is 14.0. The molecule has 0 heterocycles. The fraction of sp³-hybridized carbons (Fsp3) is 0.333. The van der Waals surface area contributed by atoms with Crippen molar-refractivity contribution in [2.45, 2.75) is 26.8 Å². The Labute approximate surface area is 160 Å². The van der Waals surface area contributed by atoms with Crippen LogP contribution in [0.15, 0.2) is 48.5 Å². The Kier molecular flexibility index (Phi) is 7.23. The van der Waals surface area contributed by atoms with Crippen molar-refractivity contribution in [2.75, 3.05) is 25.5 Å². The molecular weight excluding hydrogens is 342 g/mol. The molecule has 0 aliphatic carbocycles. The van der Waals surface area contributed by atoms with Gasteiger partial charge in [-0.1, -0.05) is 24.3 Å². The first-order valence-electron chi connectivity index (χ1n) is 8.94. The summed E-state index contributed by atoms with van der Waals surface area (Å²) in [4.78, 5) is 26.0. The van der Waals surface area contributed by atoms with Crippen molar-refractivity contribution in [1.82, 2.24) is 10.2 Å². The second-order valence-electron chi connectivity index (χ2n) is 6.62. The summed E-state index contributed by atoms with van der Waals surface area (Å²) in [6.07, 6.45) is 0. The van der Waals surface area contributed by atoms with Crippen LogP contribution in [0, 0.1) is 13.8 Å². The summed E-state index contributed by atoms with van der Waals surface area (Å²) in [5.41, 5.74) is 2.94. The van der Waals surface area contributed by atoms with Crippen molar-refractivity contribution in [3.8, 4) is 5.75 Å². The lowest BCUT2D eigenvalue weighted by molar-refractivity contribution is -0.131. The molecular formula is C21H27N3O3. The highest BCUT2D eigenvalue weighted by atomic mass is 16.5. The molecule has 3 amide bonds. The number of carbonyl (C=O) groups is 2. The minimum Gasteiger partial charge on any atom is -0.492 e. The van der Waals surface area contributed by atoms with Crippen LogP contribution in [0.5, 0.6) is 5.75 Å². The number of aryl methyl sites for hydroxylation is 2. The number of hydrogen-bond acceptors (Lipinski definition) is 3. The van der Waals surface area contributed by atoms with Gasteiger partial charge in [0.25, 0.3) is 0 Å². The van der Waals surface area contributed by atoms with Crippen molar-refractivity contribution in [1.29, 1.82) is 0 Å². The highest BCUT2D eigenvalue weighted by molar-refractivity contribution is 5.93. The van der Waals surface area contributed by atoms with Crippen LogP contribution < -0.4 is 15.4 Å². The number of anilines is 1. The molecule has 6 heteroatoms. The standard InChI is InChI=1S/C21H27N3O3/c1-15-12-16(2)14-19(13-15)27-11-10-24(4)20(25)17(3)22-21(26)23-18-8-6-5-7-9-18/h5-9,12-14,17H,10-11H2,1-4H3,(H2,22,23,26). The quantitative estimate of drug-likeness (QED) is 0.786. The fourth-order valence-corrected chi connectivity index (χ4v) is 2.70. The van der Waals surface area contributed by atoms with Gasteiger partial charge in [0.2, 0.25) is 5.91 Å². The summed E-state index contributed by atoms with van der Waals surface area (Å²) in [5.74, 6) is 0.615. The van der Waals surface area contributed by atoms with Crippen LogP contribution in [0.25, 0.3) is 0 Å². The minimum atomic E-state index is -0.639. The lowest BCUT2D eigenvalue weighted by atomic mass is 10.1. The molecule has 0 radical (unpaired) electrons. The Balaban J connectivity index is 1.77. The number of ether oxygens (including phenoxy) is 1. The maximum Gasteiger partial charge on any atom is 0.319 e. The van der Waals surface area contributed by atoms with E-state index in [2.05, 4.69) is 16.7 Å². The summed E-state index contributed by atoms with van der Waals surface area (Å²) in [5, 5.41) is 5.35. The van der Waals surface area contributed by atoms with Crippen LogP contribution in [-0.4, -0.2) is 43.1 Å². The van der Waals surface area contributed by atoms with Gasteiger partial charge < -0.3 is 20.3 Å². The van der Waals surface area contributed by atoms with Crippen molar-refractivity contribution in [3.63, 3.8) is 0 Å². The normalized spacial score (nSPS) is 11.4. The van der Waals surface area contributed by atoms with E-state index in [1.807, 2.05) is 44.2 Å². The maximum absolute atomic E-state index is 12.4. The average molecular weight is 369 g/mol. The van der Waals surface area contributed by atoms with Crippen molar-refractivity contribution in [2.24, 2.45) is 0 Å². The molecule has 2 N–H and O–H groups in total. The van der Waals surface area contributed by atoms with Crippen molar-refractivity contribution < 1.29 is 14.3 Å². The molecule has 1 unspecified atom stereocenters. The number of nitrogens with one attached hydrogen (secondary N) is 2. The van der Waals surface area contributed by atoms with E-state index >= 15 is 0 Å². The van der Waals surface area contributed by atoms with Gasteiger partial charge in [-0.2, -0.15) is 0 Å². The second kappa shape index (κ2) is 9.62. The van der Waals surface area contributed by atoms with Crippen LogP contribution >= 0.6 is 0 Å². The van der Waals surface area contributed by atoms with Gasteiger partial charge in [0, 0.05) is 12.7 Å². The van der Waals surface area contributed by atoms with Gasteiger partial charge in [-0.25, -0.2) is 4.79 Å². The molecule has 2 aromatic carbocycles. The number of likely N-dealkylation sites (N-methyl/N-ethyl adjacent to an activating group) is 1. The maximum atomic E-state index is 12.4. The zero-order valence-corrected chi connectivity index (χ0v) is 16.3. The summed E-state index contributed by atoms with van der Waals surface area (Å²) >= 11 is 0. The van der Waals surface area contributed by atoms with E-state index in [9.17, 15) is 9.59 Å². The molecule has 27 heavy (non-hydrogen) atoms. The van der Waals surface area contributed by atoms with E-state index in [4.69, 9.17) is 4.74 Å². The number of amides is 3. The largest absolute Gasteiger partial charge is 0.492 e. The van der Waals surface area contributed by atoms with Gasteiger partial charge in [-0.05, 0) is 56.2 Å². The molecule has 2 aromatic rings. The van der Waals surface area contributed by atoms with Gasteiger partial charge >= 0.3 is 6.03 Å². The van der Waals surface area contributed by atoms with E-state index in [0.717, 1.165) is 16.9 Å². The number of benzene rings is 2. The molecule has 144 valence electrons. The number of nitrogens with zero attached hydrogens (tertiary/aromatic N) is 1. The van der Waals surface area contributed by atoms with E-state index in [1.165, 1.54) is 0 Å². The fourth-order valence-electron chi connectivity index (χ4n) is 2.70. The summed E-state index contributed by atoms with van der Waals surface area (Å²) in [7, 11) is 1.69. The topological polar surface area (TPSA) is 70.7 Å². The molecule has 0 aliphatic rings. The van der Waals surface area contributed by atoms with Crippen molar-refractivity contribution in [3.05, 3.63) is 59.7 Å². The molecule has 1 atom stereocenters. The van der Waals surface area contributed by atoms with E-state index in [1.54, 1.807) is 31.0 Å². The lowest BCUT2D eigenvalue weighted by Crippen LogP contribution is -2.47. The van der Waals surface area contributed by atoms with Crippen LogP contribution in [0.1, 0.15) is 18.1 Å². The molecule has 0 fully saturated rings. The first-order valence-corrected chi connectivity index (χ1v) is 8.94. The molecule has 0 bridgehead atoms. The Bertz CT molecular complexity index is 757. The first-order chi connectivity index (χ1) is 12.8. The summed E-state index contributed by atoms with van der Waals surface area (Å²) < 4.78 is 5.73. The predicted molar refractivity (Wildman–Crippen MR) is 107 cm³/mol. The zero-order chi connectivity index (χ0) is 19.8.